The molecule has 0 saturated carbocycles. The first-order valence-electron chi connectivity index (χ1n) is 9.72. The highest BCUT2D eigenvalue weighted by atomic mass is 19.1. The van der Waals surface area contributed by atoms with Gasteiger partial charge in [0.25, 0.3) is 0 Å². The molecule has 0 aromatic heterocycles. The second kappa shape index (κ2) is 10.0. The number of rotatable bonds is 8. The third kappa shape index (κ3) is 5.91. The zero-order valence-electron chi connectivity index (χ0n) is 17.0. The molecule has 2 aromatic rings. The van der Waals surface area contributed by atoms with E-state index >= 15 is 0 Å². The molecule has 0 aliphatic rings. The maximum Gasteiger partial charge on any atom is 0.233 e. The number of benzene rings is 2. The molecule has 0 bridgehead atoms. The molecule has 0 atom stereocenters. The topological polar surface area (TPSA) is 58.2 Å². The smallest absolute Gasteiger partial charge is 0.233 e. The van der Waals surface area contributed by atoms with E-state index in [1.807, 2.05) is 18.2 Å². The number of hydrogen-bond acceptors (Lipinski definition) is 2. The number of nitrogens with one attached hydrogen (secondary N) is 2. The molecule has 0 aliphatic carbocycles. The van der Waals surface area contributed by atoms with Crippen LogP contribution in [0.3, 0.4) is 0 Å². The average Bonchev–Trinajstić information content (AvgIpc) is 2.63. The molecule has 2 amide bonds. The zero-order chi connectivity index (χ0) is 20.7. The molecule has 2 N–H and O–H groups in total. The minimum atomic E-state index is -0.373. The number of anilines is 1. The van der Waals surface area contributed by atoms with E-state index in [0.717, 1.165) is 16.8 Å². The molecular weight excluding hydrogens is 355 g/mol. The van der Waals surface area contributed by atoms with Gasteiger partial charge in [-0.25, -0.2) is 4.39 Å². The van der Waals surface area contributed by atoms with Gasteiger partial charge in [0.1, 0.15) is 12.2 Å². The van der Waals surface area contributed by atoms with Gasteiger partial charge < -0.3 is 10.6 Å². The Balaban J connectivity index is 1.95. The van der Waals surface area contributed by atoms with Crippen LogP contribution in [0.15, 0.2) is 42.5 Å². The molecule has 0 saturated heterocycles. The van der Waals surface area contributed by atoms with Gasteiger partial charge in [0, 0.05) is 12.2 Å². The van der Waals surface area contributed by atoms with Crippen LogP contribution in [0.2, 0.25) is 0 Å². The van der Waals surface area contributed by atoms with E-state index in [-0.39, 0.29) is 42.4 Å². The van der Waals surface area contributed by atoms with E-state index in [9.17, 15) is 14.0 Å². The van der Waals surface area contributed by atoms with Crippen LogP contribution in [-0.2, 0) is 16.0 Å². The summed E-state index contributed by atoms with van der Waals surface area (Å²) in [5, 5.41) is 5.61. The summed E-state index contributed by atoms with van der Waals surface area (Å²) in [4.78, 5) is 24.5. The van der Waals surface area contributed by atoms with Gasteiger partial charge in [-0.05, 0) is 41.0 Å². The first kappa shape index (κ1) is 21.6. The molecule has 0 aliphatic heterocycles. The maximum atomic E-state index is 13.6. The van der Waals surface area contributed by atoms with Crippen molar-refractivity contribution in [2.75, 3.05) is 11.9 Å². The van der Waals surface area contributed by atoms with Crippen LogP contribution in [0, 0.1) is 5.82 Å². The lowest BCUT2D eigenvalue weighted by Crippen LogP contribution is -2.30. The number of carbonyl (C=O) groups excluding carboxylic acids is 2. The summed E-state index contributed by atoms with van der Waals surface area (Å²) < 4.78 is 13.6. The fraction of sp³-hybridized carbons (Fsp3) is 0.391. The fourth-order valence-electron chi connectivity index (χ4n) is 3.13. The van der Waals surface area contributed by atoms with Crippen molar-refractivity contribution < 1.29 is 14.0 Å². The molecule has 0 radical (unpaired) electrons. The maximum absolute atomic E-state index is 13.6. The van der Waals surface area contributed by atoms with Crippen molar-refractivity contribution >= 4 is 17.5 Å². The van der Waals surface area contributed by atoms with E-state index in [4.69, 9.17) is 0 Å². The van der Waals surface area contributed by atoms with Crippen LogP contribution in [0.1, 0.15) is 62.6 Å². The van der Waals surface area contributed by atoms with Crippen molar-refractivity contribution in [3.8, 4) is 0 Å². The van der Waals surface area contributed by atoms with E-state index in [0.29, 0.717) is 12.0 Å². The average molecular weight is 384 g/mol. The molecule has 0 unspecified atom stereocenters. The van der Waals surface area contributed by atoms with Gasteiger partial charge >= 0.3 is 0 Å². The summed E-state index contributed by atoms with van der Waals surface area (Å²) >= 11 is 0. The lowest BCUT2D eigenvalue weighted by molar-refractivity contribution is -0.126. The Morgan fingerprint density at radius 1 is 0.893 bits per heavy atom. The summed E-state index contributed by atoms with van der Waals surface area (Å²) in [6, 6.07) is 12.5. The second-order valence-corrected chi connectivity index (χ2v) is 7.54. The lowest BCUT2D eigenvalue weighted by atomic mass is 9.92. The van der Waals surface area contributed by atoms with E-state index in [1.54, 1.807) is 18.2 Å². The monoisotopic (exact) mass is 384 g/mol. The highest BCUT2D eigenvalue weighted by molar-refractivity contribution is 6.04. The van der Waals surface area contributed by atoms with Crippen LogP contribution in [-0.4, -0.2) is 18.4 Å². The van der Waals surface area contributed by atoms with Gasteiger partial charge in [-0.1, -0.05) is 64.1 Å². The van der Waals surface area contributed by atoms with E-state index < -0.39 is 0 Å². The summed E-state index contributed by atoms with van der Waals surface area (Å²) in [5.41, 5.74) is 3.45. The van der Waals surface area contributed by atoms with Crippen molar-refractivity contribution in [3.05, 3.63) is 65.0 Å². The third-order valence-corrected chi connectivity index (χ3v) is 4.63. The van der Waals surface area contributed by atoms with Crippen LogP contribution >= 0.6 is 0 Å². The molecule has 150 valence electrons. The molecule has 2 rings (SSSR count). The molecule has 28 heavy (non-hydrogen) atoms. The lowest BCUT2D eigenvalue weighted by Gasteiger charge is -2.20. The van der Waals surface area contributed by atoms with Crippen molar-refractivity contribution in [3.63, 3.8) is 0 Å². The first-order valence-corrected chi connectivity index (χ1v) is 9.72. The normalized spacial score (nSPS) is 11.0. The Kier molecular flexibility index (Phi) is 7.73. The van der Waals surface area contributed by atoms with Crippen molar-refractivity contribution in [1.29, 1.82) is 0 Å². The summed E-state index contributed by atoms with van der Waals surface area (Å²) in [5.74, 6) is -0.506. The third-order valence-electron chi connectivity index (χ3n) is 4.63. The number of halogens is 1. The predicted octanol–water partition coefficient (Wildman–Crippen LogP) is 4.76. The van der Waals surface area contributed by atoms with Gasteiger partial charge in [-0.2, -0.15) is 0 Å². The molecular formula is C23H29FN2O2. The molecule has 0 spiro atoms. The van der Waals surface area contributed by atoms with E-state index in [2.05, 4.69) is 38.3 Å². The molecule has 5 heteroatoms. The highest BCUT2D eigenvalue weighted by Crippen LogP contribution is 2.32. The molecule has 2 aromatic carbocycles. The number of hydrogen-bond donors (Lipinski definition) is 2. The second-order valence-electron chi connectivity index (χ2n) is 7.54. The van der Waals surface area contributed by atoms with Gasteiger partial charge in [0.15, 0.2) is 0 Å². The first-order chi connectivity index (χ1) is 13.3. The fourth-order valence-corrected chi connectivity index (χ4v) is 3.13. The van der Waals surface area contributed by atoms with Gasteiger partial charge in [-0.15, -0.1) is 0 Å². The Morgan fingerprint density at radius 2 is 1.50 bits per heavy atom. The van der Waals surface area contributed by atoms with Gasteiger partial charge in [0.2, 0.25) is 11.8 Å². The molecule has 4 nitrogen and oxygen atoms in total. The van der Waals surface area contributed by atoms with E-state index in [1.165, 1.54) is 6.07 Å². The molecule has 0 fully saturated rings. The Morgan fingerprint density at radius 3 is 2.07 bits per heavy atom. The predicted molar refractivity (Wildman–Crippen MR) is 111 cm³/mol. The van der Waals surface area contributed by atoms with Crippen LogP contribution in [0.4, 0.5) is 10.1 Å². The highest BCUT2D eigenvalue weighted by Gasteiger charge is 2.17. The summed E-state index contributed by atoms with van der Waals surface area (Å²) in [6.45, 7) is 8.58. The van der Waals surface area contributed by atoms with Crippen molar-refractivity contribution in [2.45, 2.75) is 52.4 Å². The largest absolute Gasteiger partial charge is 0.355 e. The van der Waals surface area contributed by atoms with Crippen molar-refractivity contribution in [2.24, 2.45) is 0 Å². The number of amides is 2. The minimum absolute atomic E-state index is 0.253. The van der Waals surface area contributed by atoms with Crippen LogP contribution in [0.5, 0.6) is 0 Å². The Hall–Kier alpha value is -2.69. The van der Waals surface area contributed by atoms with Crippen LogP contribution < -0.4 is 10.6 Å². The van der Waals surface area contributed by atoms with Crippen molar-refractivity contribution in [1.82, 2.24) is 5.32 Å². The van der Waals surface area contributed by atoms with Gasteiger partial charge in [0.05, 0.1) is 0 Å². The number of carbonyl (C=O) groups is 2. The van der Waals surface area contributed by atoms with Crippen LogP contribution in [0.25, 0.3) is 0 Å². The standard InChI is InChI=1S/C23H29FN2O2/c1-15(2)18-9-7-10-19(16(3)4)23(18)26-22(28)14-21(27)25-13-12-17-8-5-6-11-20(17)24/h5-11,15-16H,12-14H2,1-4H3,(H,25,27)(H,26,28). The summed E-state index contributed by atoms with van der Waals surface area (Å²) in [7, 11) is 0. The minimum Gasteiger partial charge on any atom is -0.355 e. The quantitative estimate of drug-likeness (QED) is 0.645. The number of para-hydroxylation sites is 1. The molecule has 0 heterocycles. The van der Waals surface area contributed by atoms with Gasteiger partial charge in [-0.3, -0.25) is 9.59 Å². The SMILES string of the molecule is CC(C)c1cccc(C(C)C)c1NC(=O)CC(=O)NCCc1ccccc1F. The summed E-state index contributed by atoms with van der Waals surface area (Å²) in [6.07, 6.45) is 0.120. The zero-order valence-corrected chi connectivity index (χ0v) is 17.0. The Labute approximate surface area is 166 Å². The Bertz CT molecular complexity index is 805.